The average molecular weight is 251 g/mol. The number of fused-ring (bicyclic) bond motifs is 1. The molecule has 2 aromatic rings. The van der Waals surface area contributed by atoms with Gasteiger partial charge in [-0.05, 0) is 44.5 Å². The highest BCUT2D eigenvalue weighted by atomic mass is 35.5. The zero-order valence-corrected chi connectivity index (χ0v) is 10.5. The molecule has 1 aliphatic heterocycles. The van der Waals surface area contributed by atoms with Gasteiger partial charge in [-0.15, -0.1) is 0 Å². The molecule has 0 atom stereocenters. The molecule has 90 valence electrons. The first-order valence-corrected chi connectivity index (χ1v) is 6.40. The SMILES string of the molecule is Cc1ccc(Cl)c2oc(C3CCNCC3)nc12. The second kappa shape index (κ2) is 4.31. The van der Waals surface area contributed by atoms with Crippen LogP contribution in [-0.2, 0) is 0 Å². The molecule has 0 aliphatic carbocycles. The van der Waals surface area contributed by atoms with Gasteiger partial charge in [0.1, 0.15) is 5.52 Å². The summed E-state index contributed by atoms with van der Waals surface area (Å²) in [7, 11) is 0. The number of hydrogen-bond acceptors (Lipinski definition) is 3. The molecule has 0 spiro atoms. The van der Waals surface area contributed by atoms with Gasteiger partial charge in [-0.2, -0.15) is 0 Å². The van der Waals surface area contributed by atoms with Gasteiger partial charge in [0.2, 0.25) is 0 Å². The minimum Gasteiger partial charge on any atom is -0.439 e. The molecule has 3 nitrogen and oxygen atoms in total. The van der Waals surface area contributed by atoms with Crippen LogP contribution in [0.3, 0.4) is 0 Å². The van der Waals surface area contributed by atoms with E-state index in [0.29, 0.717) is 10.9 Å². The van der Waals surface area contributed by atoms with E-state index in [1.165, 1.54) is 0 Å². The standard InChI is InChI=1S/C13H15ClN2O/c1-8-2-3-10(14)12-11(8)16-13(17-12)9-4-6-15-7-5-9/h2-3,9,15H,4-7H2,1H3. The molecule has 2 heterocycles. The Bertz CT molecular complexity index is 505. The minimum absolute atomic E-state index is 0.430. The fourth-order valence-electron chi connectivity index (χ4n) is 2.36. The zero-order valence-electron chi connectivity index (χ0n) is 9.79. The van der Waals surface area contributed by atoms with Gasteiger partial charge in [0, 0.05) is 5.92 Å². The Hall–Kier alpha value is -1.06. The van der Waals surface area contributed by atoms with Crippen LogP contribution >= 0.6 is 11.6 Å². The van der Waals surface area contributed by atoms with Crippen LogP contribution in [-0.4, -0.2) is 18.1 Å². The number of piperidine rings is 1. The first-order valence-electron chi connectivity index (χ1n) is 6.02. The number of nitrogens with zero attached hydrogens (tertiary/aromatic N) is 1. The molecule has 1 aromatic carbocycles. The van der Waals surface area contributed by atoms with Crippen molar-refractivity contribution >= 4 is 22.7 Å². The molecule has 0 saturated carbocycles. The minimum atomic E-state index is 0.430. The van der Waals surface area contributed by atoms with Gasteiger partial charge in [-0.1, -0.05) is 17.7 Å². The van der Waals surface area contributed by atoms with E-state index in [1.54, 1.807) is 0 Å². The van der Waals surface area contributed by atoms with Crippen molar-refractivity contribution in [1.29, 1.82) is 0 Å². The van der Waals surface area contributed by atoms with Crippen LogP contribution in [0.1, 0.15) is 30.2 Å². The fourth-order valence-corrected chi connectivity index (χ4v) is 2.55. The summed E-state index contributed by atoms with van der Waals surface area (Å²) in [5, 5.41) is 4.00. The van der Waals surface area contributed by atoms with Crippen LogP contribution in [0.2, 0.25) is 5.02 Å². The Balaban J connectivity index is 2.06. The van der Waals surface area contributed by atoms with E-state index >= 15 is 0 Å². The van der Waals surface area contributed by atoms with E-state index in [2.05, 4.69) is 10.3 Å². The van der Waals surface area contributed by atoms with Crippen LogP contribution in [0.25, 0.3) is 11.1 Å². The summed E-state index contributed by atoms with van der Waals surface area (Å²) in [4.78, 5) is 4.62. The van der Waals surface area contributed by atoms with Crippen LogP contribution in [0.15, 0.2) is 16.5 Å². The van der Waals surface area contributed by atoms with E-state index < -0.39 is 0 Å². The second-order valence-corrected chi connectivity index (χ2v) is 5.03. The molecule has 0 radical (unpaired) electrons. The smallest absolute Gasteiger partial charge is 0.198 e. The number of benzene rings is 1. The highest BCUT2D eigenvalue weighted by molar-refractivity contribution is 6.34. The maximum absolute atomic E-state index is 6.14. The van der Waals surface area contributed by atoms with Gasteiger partial charge < -0.3 is 9.73 Å². The predicted octanol–water partition coefficient (Wildman–Crippen LogP) is 3.26. The van der Waals surface area contributed by atoms with Gasteiger partial charge in [-0.25, -0.2) is 4.98 Å². The summed E-state index contributed by atoms with van der Waals surface area (Å²) in [5.74, 6) is 1.27. The predicted molar refractivity (Wildman–Crippen MR) is 68.6 cm³/mol. The summed E-state index contributed by atoms with van der Waals surface area (Å²) in [6, 6.07) is 3.86. The number of oxazole rings is 1. The molecule has 1 aromatic heterocycles. The molecule has 4 heteroatoms. The van der Waals surface area contributed by atoms with E-state index in [0.717, 1.165) is 48.5 Å². The Morgan fingerprint density at radius 3 is 2.82 bits per heavy atom. The van der Waals surface area contributed by atoms with Gasteiger partial charge in [-0.3, -0.25) is 0 Å². The van der Waals surface area contributed by atoms with Gasteiger partial charge in [0.15, 0.2) is 11.5 Å². The third-order valence-corrected chi connectivity index (χ3v) is 3.70. The Labute approximate surface area is 105 Å². The number of aromatic nitrogens is 1. The molecule has 3 rings (SSSR count). The average Bonchev–Trinajstić information content (AvgIpc) is 2.81. The van der Waals surface area contributed by atoms with Crippen molar-refractivity contribution in [2.45, 2.75) is 25.7 Å². The van der Waals surface area contributed by atoms with Crippen molar-refractivity contribution in [1.82, 2.24) is 10.3 Å². The van der Waals surface area contributed by atoms with Gasteiger partial charge in [0.25, 0.3) is 0 Å². The van der Waals surface area contributed by atoms with Crippen LogP contribution in [0, 0.1) is 6.92 Å². The van der Waals surface area contributed by atoms with E-state index in [1.807, 2.05) is 19.1 Å². The van der Waals surface area contributed by atoms with E-state index in [4.69, 9.17) is 16.0 Å². The molecule has 1 saturated heterocycles. The molecule has 0 unspecified atom stereocenters. The summed E-state index contributed by atoms with van der Waals surface area (Å²) >= 11 is 6.14. The molecule has 0 amide bonds. The van der Waals surface area contributed by atoms with E-state index in [-0.39, 0.29) is 0 Å². The fraction of sp³-hybridized carbons (Fsp3) is 0.462. The molecular weight excluding hydrogens is 236 g/mol. The maximum atomic E-state index is 6.14. The van der Waals surface area contributed by atoms with Crippen LogP contribution in [0.4, 0.5) is 0 Å². The molecule has 17 heavy (non-hydrogen) atoms. The van der Waals surface area contributed by atoms with Crippen molar-refractivity contribution in [3.8, 4) is 0 Å². The summed E-state index contributed by atoms with van der Waals surface area (Å²) in [5.41, 5.74) is 2.76. The maximum Gasteiger partial charge on any atom is 0.198 e. The summed E-state index contributed by atoms with van der Waals surface area (Å²) < 4.78 is 5.85. The lowest BCUT2D eigenvalue weighted by Crippen LogP contribution is -2.26. The Morgan fingerprint density at radius 2 is 2.12 bits per heavy atom. The largest absolute Gasteiger partial charge is 0.439 e. The molecule has 1 N–H and O–H groups in total. The third-order valence-electron chi connectivity index (χ3n) is 3.40. The lowest BCUT2D eigenvalue weighted by molar-refractivity contribution is 0.385. The van der Waals surface area contributed by atoms with Gasteiger partial charge >= 0.3 is 0 Å². The molecule has 0 bridgehead atoms. The summed E-state index contributed by atoms with van der Waals surface area (Å²) in [6.45, 7) is 4.11. The monoisotopic (exact) mass is 250 g/mol. The van der Waals surface area contributed by atoms with Crippen molar-refractivity contribution < 1.29 is 4.42 Å². The zero-order chi connectivity index (χ0) is 11.8. The second-order valence-electron chi connectivity index (χ2n) is 4.62. The highest BCUT2D eigenvalue weighted by Gasteiger charge is 2.21. The number of rotatable bonds is 1. The number of halogens is 1. The first kappa shape index (κ1) is 11.1. The molecule has 1 aliphatic rings. The van der Waals surface area contributed by atoms with Crippen molar-refractivity contribution in [3.05, 3.63) is 28.6 Å². The normalized spacial score (nSPS) is 17.8. The lowest BCUT2D eigenvalue weighted by Gasteiger charge is -2.19. The van der Waals surface area contributed by atoms with Crippen LogP contribution < -0.4 is 5.32 Å². The van der Waals surface area contributed by atoms with E-state index in [9.17, 15) is 0 Å². The highest BCUT2D eigenvalue weighted by Crippen LogP contribution is 2.32. The molecular formula is C13H15ClN2O. The van der Waals surface area contributed by atoms with Crippen LogP contribution in [0.5, 0.6) is 0 Å². The van der Waals surface area contributed by atoms with Crippen molar-refractivity contribution in [3.63, 3.8) is 0 Å². The Morgan fingerprint density at radius 1 is 1.35 bits per heavy atom. The number of aryl methyl sites for hydroxylation is 1. The Kier molecular flexibility index (Phi) is 2.81. The first-order chi connectivity index (χ1) is 8.25. The third kappa shape index (κ3) is 1.94. The quantitative estimate of drug-likeness (QED) is 0.844. The summed E-state index contributed by atoms with van der Waals surface area (Å²) in [6.07, 6.45) is 2.17. The number of hydrogen-bond donors (Lipinski definition) is 1. The number of nitrogens with one attached hydrogen (secondary N) is 1. The van der Waals surface area contributed by atoms with Crippen molar-refractivity contribution in [2.75, 3.05) is 13.1 Å². The van der Waals surface area contributed by atoms with Crippen molar-refractivity contribution in [2.24, 2.45) is 0 Å². The topological polar surface area (TPSA) is 38.1 Å². The lowest BCUT2D eigenvalue weighted by atomic mass is 9.98. The van der Waals surface area contributed by atoms with Gasteiger partial charge in [0.05, 0.1) is 5.02 Å². The molecule has 1 fully saturated rings.